The van der Waals surface area contributed by atoms with Crippen molar-refractivity contribution >= 4 is 0 Å². The minimum absolute atomic E-state index is 0.510. The van der Waals surface area contributed by atoms with Crippen LogP contribution in [0.5, 0.6) is 0 Å². The van der Waals surface area contributed by atoms with Crippen LogP contribution < -0.4 is 0 Å². The molecule has 1 aliphatic rings. The lowest BCUT2D eigenvalue weighted by atomic mass is 9.76. The van der Waals surface area contributed by atoms with Crippen LogP contribution in [0.4, 0.5) is 0 Å². The normalized spacial score (nSPS) is 30.2. The smallest absolute Gasteiger partial charge is 0.0816 e. The average Bonchev–Trinajstić information content (AvgIpc) is 1.83. The zero-order valence-electron chi connectivity index (χ0n) is 9.35. The molecular weight excluding hydrogens is 146 g/mol. The van der Waals surface area contributed by atoms with E-state index in [9.17, 15) is 0 Å². The maximum absolute atomic E-state index is 2.38. The average molecular weight is 170 g/mol. The molecule has 1 heteroatoms. The van der Waals surface area contributed by atoms with Crippen LogP contribution in [-0.4, -0.2) is 31.7 Å². The van der Waals surface area contributed by atoms with Gasteiger partial charge in [-0.1, -0.05) is 20.8 Å². The first-order chi connectivity index (χ1) is 5.31. The molecule has 1 nitrogen and oxygen atoms in total. The van der Waals surface area contributed by atoms with E-state index >= 15 is 0 Å². The molecule has 0 bridgehead atoms. The topological polar surface area (TPSA) is 0 Å². The van der Waals surface area contributed by atoms with Crippen LogP contribution in [0, 0.1) is 11.3 Å². The van der Waals surface area contributed by atoms with E-state index in [1.807, 2.05) is 0 Å². The van der Waals surface area contributed by atoms with Crippen LogP contribution in [0.15, 0.2) is 0 Å². The third-order valence-electron chi connectivity index (χ3n) is 3.26. The highest BCUT2D eigenvalue weighted by Gasteiger charge is 2.34. The van der Waals surface area contributed by atoms with E-state index in [4.69, 9.17) is 0 Å². The monoisotopic (exact) mass is 170 g/mol. The lowest BCUT2D eigenvalue weighted by Gasteiger charge is -2.43. The predicted octanol–water partition coefficient (Wildman–Crippen LogP) is 2.52. The van der Waals surface area contributed by atoms with E-state index in [0.29, 0.717) is 5.41 Å². The van der Waals surface area contributed by atoms with Gasteiger partial charge in [-0.15, -0.1) is 0 Å². The van der Waals surface area contributed by atoms with Crippen molar-refractivity contribution in [3.8, 4) is 0 Å². The quantitative estimate of drug-likeness (QED) is 0.490. The molecule has 1 fully saturated rings. The predicted molar refractivity (Wildman–Crippen MR) is 54.0 cm³/mol. The number of hydrogen-bond donors (Lipinski definition) is 0. The Bertz CT molecular complexity index is 150. The summed E-state index contributed by atoms with van der Waals surface area (Å²) in [5.74, 6) is 0.918. The van der Waals surface area contributed by atoms with Gasteiger partial charge in [-0.3, -0.25) is 0 Å². The van der Waals surface area contributed by atoms with Crippen molar-refractivity contribution in [3.63, 3.8) is 0 Å². The van der Waals surface area contributed by atoms with Crippen molar-refractivity contribution in [2.45, 2.75) is 33.6 Å². The molecular formula is C11H24N+. The molecule has 0 aliphatic carbocycles. The standard InChI is InChI=1S/C11H24N/c1-11(2,3)10-7-6-8-12(4,5)9-10/h10H,6-9H2,1-5H3/q+1. The minimum atomic E-state index is 0.510. The fourth-order valence-electron chi connectivity index (χ4n) is 2.25. The Hall–Kier alpha value is -0.0400. The van der Waals surface area contributed by atoms with Gasteiger partial charge in [-0.25, -0.2) is 0 Å². The summed E-state index contributed by atoms with van der Waals surface area (Å²) in [6.07, 6.45) is 2.85. The van der Waals surface area contributed by atoms with Crippen LogP contribution in [-0.2, 0) is 0 Å². The molecule has 1 heterocycles. The highest BCUT2D eigenvalue weighted by Crippen LogP contribution is 2.34. The molecule has 1 unspecified atom stereocenters. The van der Waals surface area contributed by atoms with Gasteiger partial charge in [0, 0.05) is 5.92 Å². The summed E-state index contributed by atoms with van der Waals surface area (Å²) in [4.78, 5) is 0. The van der Waals surface area contributed by atoms with E-state index in [-0.39, 0.29) is 0 Å². The Kier molecular flexibility index (Phi) is 2.53. The molecule has 0 spiro atoms. The van der Waals surface area contributed by atoms with Gasteiger partial charge in [-0.05, 0) is 18.3 Å². The molecule has 0 aromatic rings. The Balaban J connectivity index is 2.58. The van der Waals surface area contributed by atoms with Crippen molar-refractivity contribution < 1.29 is 4.48 Å². The summed E-state index contributed by atoms with van der Waals surface area (Å²) in [6, 6.07) is 0. The summed E-state index contributed by atoms with van der Waals surface area (Å²) in [5.41, 5.74) is 0.510. The number of nitrogens with zero attached hydrogens (tertiary/aromatic N) is 1. The van der Waals surface area contributed by atoms with Crippen LogP contribution in [0.2, 0.25) is 0 Å². The van der Waals surface area contributed by atoms with Gasteiger partial charge in [0.2, 0.25) is 0 Å². The van der Waals surface area contributed by atoms with E-state index in [1.165, 1.54) is 30.4 Å². The summed E-state index contributed by atoms with van der Waals surface area (Å²) < 4.78 is 1.22. The molecule has 1 aliphatic heterocycles. The molecule has 0 aromatic carbocycles. The zero-order chi connectivity index (χ0) is 9.41. The van der Waals surface area contributed by atoms with Crippen LogP contribution in [0.1, 0.15) is 33.6 Å². The van der Waals surface area contributed by atoms with Gasteiger partial charge >= 0.3 is 0 Å². The number of likely N-dealkylation sites (tertiary alicyclic amines) is 1. The van der Waals surface area contributed by atoms with E-state index in [0.717, 1.165) is 5.92 Å². The largest absolute Gasteiger partial charge is 0.328 e. The van der Waals surface area contributed by atoms with E-state index in [1.54, 1.807) is 0 Å². The van der Waals surface area contributed by atoms with Gasteiger partial charge in [0.25, 0.3) is 0 Å². The highest BCUT2D eigenvalue weighted by atomic mass is 15.3. The second kappa shape index (κ2) is 3.02. The first kappa shape index (κ1) is 10.0. The van der Waals surface area contributed by atoms with Crippen molar-refractivity contribution in [2.24, 2.45) is 11.3 Å². The number of piperidine rings is 1. The first-order valence-corrected chi connectivity index (χ1v) is 5.13. The molecule has 12 heavy (non-hydrogen) atoms. The minimum Gasteiger partial charge on any atom is -0.328 e. The van der Waals surface area contributed by atoms with Crippen LogP contribution in [0.25, 0.3) is 0 Å². The van der Waals surface area contributed by atoms with Crippen molar-refractivity contribution in [1.29, 1.82) is 0 Å². The van der Waals surface area contributed by atoms with Crippen molar-refractivity contribution in [2.75, 3.05) is 27.2 Å². The maximum Gasteiger partial charge on any atom is 0.0816 e. The van der Waals surface area contributed by atoms with Gasteiger partial charge < -0.3 is 4.48 Å². The van der Waals surface area contributed by atoms with Gasteiger partial charge in [0.1, 0.15) is 0 Å². The number of rotatable bonds is 0. The second-order valence-corrected chi connectivity index (χ2v) is 6.05. The van der Waals surface area contributed by atoms with Crippen LogP contribution >= 0.6 is 0 Å². The molecule has 72 valence electrons. The SMILES string of the molecule is CC(C)(C)C1CCC[N+](C)(C)C1. The van der Waals surface area contributed by atoms with Gasteiger partial charge in [-0.2, -0.15) is 0 Å². The molecule has 0 N–H and O–H groups in total. The Morgan fingerprint density at radius 1 is 1.17 bits per heavy atom. The lowest BCUT2D eigenvalue weighted by molar-refractivity contribution is -0.899. The zero-order valence-corrected chi connectivity index (χ0v) is 9.35. The molecule has 1 rings (SSSR count). The van der Waals surface area contributed by atoms with Crippen molar-refractivity contribution in [3.05, 3.63) is 0 Å². The Morgan fingerprint density at radius 3 is 2.08 bits per heavy atom. The fourth-order valence-corrected chi connectivity index (χ4v) is 2.25. The first-order valence-electron chi connectivity index (χ1n) is 5.13. The van der Waals surface area contributed by atoms with Gasteiger partial charge in [0.15, 0.2) is 0 Å². The molecule has 0 aromatic heterocycles. The van der Waals surface area contributed by atoms with E-state index < -0.39 is 0 Å². The number of quaternary nitrogens is 1. The third kappa shape index (κ3) is 2.48. The van der Waals surface area contributed by atoms with Crippen LogP contribution in [0.3, 0.4) is 0 Å². The third-order valence-corrected chi connectivity index (χ3v) is 3.26. The Morgan fingerprint density at radius 2 is 1.75 bits per heavy atom. The maximum atomic E-state index is 2.38. The summed E-state index contributed by atoms with van der Waals surface area (Å²) in [6.45, 7) is 9.87. The van der Waals surface area contributed by atoms with Gasteiger partial charge in [0.05, 0.1) is 27.2 Å². The van der Waals surface area contributed by atoms with Crippen molar-refractivity contribution in [1.82, 2.24) is 0 Å². The summed E-state index contributed by atoms with van der Waals surface area (Å²) >= 11 is 0. The lowest BCUT2D eigenvalue weighted by Crippen LogP contribution is -2.50. The molecule has 1 atom stereocenters. The summed E-state index contributed by atoms with van der Waals surface area (Å²) in [5, 5.41) is 0. The van der Waals surface area contributed by atoms with E-state index in [2.05, 4.69) is 34.9 Å². The Labute approximate surface area is 77.4 Å². The fraction of sp³-hybridized carbons (Fsp3) is 1.00. The molecule has 1 saturated heterocycles. The molecule has 0 amide bonds. The molecule has 0 saturated carbocycles. The number of hydrogen-bond acceptors (Lipinski definition) is 0. The molecule has 0 radical (unpaired) electrons. The summed E-state index contributed by atoms with van der Waals surface area (Å²) in [7, 11) is 4.72. The highest BCUT2D eigenvalue weighted by molar-refractivity contribution is 4.76. The second-order valence-electron chi connectivity index (χ2n) is 6.05.